The lowest BCUT2D eigenvalue weighted by Crippen LogP contribution is -2.01. The number of aromatic nitrogens is 3. The molecule has 0 bridgehead atoms. The summed E-state index contributed by atoms with van der Waals surface area (Å²) in [6, 6.07) is 68.1. The molecule has 0 aliphatic carbocycles. The molecule has 0 fully saturated rings. The number of fused-ring (bicyclic) bond motifs is 15. The van der Waals surface area contributed by atoms with Crippen LogP contribution in [0, 0.1) is 0 Å². The second-order valence-corrected chi connectivity index (χ2v) is 18.2. The summed E-state index contributed by atoms with van der Waals surface area (Å²) in [5.74, 6) is 1.54. The summed E-state index contributed by atoms with van der Waals surface area (Å²) in [5.41, 5.74) is 14.7. The van der Waals surface area contributed by atoms with Gasteiger partial charge in [-0.3, -0.25) is 0 Å². The standard InChI is InChI=1S/C63H33N3O5/c1-4-16-48-38(10-1)46-30-34(24-28-51(46)67-48)36-22-26-41-56(32-36)70-54-20-8-14-44(59(41)54)62-64-61(43-13-7-19-53-58(43)40-12-3-6-18-50(40)69-53)65-63(66-62)45-15-9-21-55-60(45)42-27-23-37(33-57(42)71-55)35-25-29-52-47(31-35)39-11-2-5-17-49(39)68-52/h1-33H. The number of benzene rings is 10. The molecule has 0 aliphatic rings. The topological polar surface area (TPSA) is 104 Å². The van der Waals surface area contributed by atoms with Crippen LogP contribution in [-0.2, 0) is 0 Å². The fraction of sp³-hybridized carbons (Fsp3) is 0. The van der Waals surface area contributed by atoms with Gasteiger partial charge in [-0.25, -0.2) is 15.0 Å². The SMILES string of the molecule is c1ccc2c(c1)oc1ccc(-c3ccc4c(c3)oc3cccc(-c5nc(-c6cccc7oc8ccccc8c67)nc(-c6cccc7oc8cc(-c9ccc%10oc%11ccccc%11c%10c9)ccc8c67)n5)c34)cc12. The maximum Gasteiger partial charge on any atom is 0.164 e. The van der Waals surface area contributed by atoms with Gasteiger partial charge in [0.15, 0.2) is 17.5 Å². The molecule has 6 aromatic heterocycles. The Hall–Kier alpha value is -9.79. The number of furan rings is 5. The fourth-order valence-corrected chi connectivity index (χ4v) is 10.9. The summed E-state index contributed by atoms with van der Waals surface area (Å²) >= 11 is 0. The van der Waals surface area contributed by atoms with E-state index in [1.165, 1.54) is 0 Å². The highest BCUT2D eigenvalue weighted by Gasteiger charge is 2.23. The van der Waals surface area contributed by atoms with E-state index in [0.717, 1.165) is 149 Å². The summed E-state index contributed by atoms with van der Waals surface area (Å²) < 4.78 is 32.1. The van der Waals surface area contributed by atoms with Crippen LogP contribution in [0.3, 0.4) is 0 Å². The molecule has 71 heavy (non-hydrogen) atoms. The van der Waals surface area contributed by atoms with Crippen molar-refractivity contribution in [2.75, 3.05) is 0 Å². The van der Waals surface area contributed by atoms with Crippen molar-refractivity contribution in [2.45, 2.75) is 0 Å². The average Bonchev–Trinajstić information content (AvgIpc) is 4.25. The van der Waals surface area contributed by atoms with E-state index in [1.54, 1.807) is 0 Å². The third kappa shape index (κ3) is 5.70. The number of para-hydroxylation sites is 3. The number of nitrogens with zero attached hydrogens (tertiary/aromatic N) is 3. The lowest BCUT2D eigenvalue weighted by molar-refractivity contribution is 0.668. The minimum Gasteiger partial charge on any atom is -0.456 e. The van der Waals surface area contributed by atoms with Gasteiger partial charge >= 0.3 is 0 Å². The van der Waals surface area contributed by atoms with Crippen molar-refractivity contribution in [1.82, 2.24) is 15.0 Å². The number of hydrogen-bond donors (Lipinski definition) is 0. The molecule has 10 aromatic carbocycles. The highest BCUT2D eigenvalue weighted by Crippen LogP contribution is 2.43. The molecule has 0 saturated heterocycles. The van der Waals surface area contributed by atoms with E-state index in [4.69, 9.17) is 37.0 Å². The zero-order chi connectivity index (χ0) is 46.3. The predicted octanol–water partition coefficient (Wildman–Crippen LogP) is 17.7. The van der Waals surface area contributed by atoms with Gasteiger partial charge in [0.2, 0.25) is 0 Å². The van der Waals surface area contributed by atoms with Crippen LogP contribution in [0.1, 0.15) is 0 Å². The van der Waals surface area contributed by atoms with E-state index < -0.39 is 0 Å². The van der Waals surface area contributed by atoms with Crippen molar-refractivity contribution in [3.8, 4) is 56.4 Å². The summed E-state index contributed by atoms with van der Waals surface area (Å²) in [5, 5.41) is 10.0. The normalized spacial score (nSPS) is 12.2. The summed E-state index contributed by atoms with van der Waals surface area (Å²) in [4.78, 5) is 16.1. The average molecular weight is 912 g/mol. The van der Waals surface area contributed by atoms with Crippen LogP contribution < -0.4 is 0 Å². The minimum atomic E-state index is 0.513. The summed E-state index contributed by atoms with van der Waals surface area (Å²) in [7, 11) is 0. The Balaban J connectivity index is 0.882. The van der Waals surface area contributed by atoms with Crippen molar-refractivity contribution >= 4 is 110 Å². The molecule has 0 spiro atoms. The molecule has 8 nitrogen and oxygen atoms in total. The zero-order valence-corrected chi connectivity index (χ0v) is 37.4. The van der Waals surface area contributed by atoms with Gasteiger partial charge in [0, 0.05) is 70.6 Å². The molecule has 0 atom stereocenters. The van der Waals surface area contributed by atoms with Gasteiger partial charge in [-0.15, -0.1) is 0 Å². The van der Waals surface area contributed by atoms with E-state index in [9.17, 15) is 0 Å². The smallest absolute Gasteiger partial charge is 0.164 e. The van der Waals surface area contributed by atoms with E-state index in [2.05, 4.69) is 97.1 Å². The van der Waals surface area contributed by atoms with Crippen molar-refractivity contribution in [1.29, 1.82) is 0 Å². The van der Waals surface area contributed by atoms with Crippen molar-refractivity contribution in [3.05, 3.63) is 200 Å². The molecular formula is C63H33N3O5. The van der Waals surface area contributed by atoms with E-state index >= 15 is 0 Å². The third-order valence-corrected chi connectivity index (χ3v) is 14.2. The van der Waals surface area contributed by atoms with E-state index in [-0.39, 0.29) is 0 Å². The lowest BCUT2D eigenvalue weighted by Gasteiger charge is -2.11. The molecule has 8 heteroatoms. The second kappa shape index (κ2) is 14.4. The molecule has 330 valence electrons. The first-order valence-corrected chi connectivity index (χ1v) is 23.5. The van der Waals surface area contributed by atoms with Crippen LogP contribution in [-0.4, -0.2) is 15.0 Å². The minimum absolute atomic E-state index is 0.513. The lowest BCUT2D eigenvalue weighted by atomic mass is 9.99. The van der Waals surface area contributed by atoms with Crippen molar-refractivity contribution in [2.24, 2.45) is 0 Å². The van der Waals surface area contributed by atoms with Gasteiger partial charge in [0.25, 0.3) is 0 Å². The largest absolute Gasteiger partial charge is 0.456 e. The molecule has 0 unspecified atom stereocenters. The molecular weight excluding hydrogens is 879 g/mol. The van der Waals surface area contributed by atoms with Gasteiger partial charge in [-0.2, -0.15) is 0 Å². The zero-order valence-electron chi connectivity index (χ0n) is 37.4. The Kier molecular flexibility index (Phi) is 7.73. The Morgan fingerprint density at radius 1 is 0.211 bits per heavy atom. The highest BCUT2D eigenvalue weighted by molar-refractivity contribution is 6.16. The van der Waals surface area contributed by atoms with Gasteiger partial charge in [0.1, 0.15) is 55.8 Å². The van der Waals surface area contributed by atoms with Gasteiger partial charge < -0.3 is 22.1 Å². The Morgan fingerprint density at radius 3 is 0.972 bits per heavy atom. The van der Waals surface area contributed by atoms with E-state index in [1.807, 2.05) is 103 Å². The first kappa shape index (κ1) is 38.2. The number of hydrogen-bond acceptors (Lipinski definition) is 8. The van der Waals surface area contributed by atoms with Gasteiger partial charge in [-0.05, 0) is 107 Å². The molecule has 16 rings (SSSR count). The molecule has 6 heterocycles. The second-order valence-electron chi connectivity index (χ2n) is 18.2. The first-order chi connectivity index (χ1) is 35.1. The van der Waals surface area contributed by atoms with Gasteiger partial charge in [0.05, 0.1) is 0 Å². The summed E-state index contributed by atoms with van der Waals surface area (Å²) in [6.45, 7) is 0. The van der Waals surface area contributed by atoms with Crippen LogP contribution in [0.2, 0.25) is 0 Å². The number of rotatable bonds is 5. The van der Waals surface area contributed by atoms with E-state index in [0.29, 0.717) is 17.5 Å². The maximum absolute atomic E-state index is 6.70. The maximum atomic E-state index is 6.70. The molecule has 16 aromatic rings. The van der Waals surface area contributed by atoms with Crippen molar-refractivity contribution < 1.29 is 22.1 Å². The van der Waals surface area contributed by atoms with Crippen LogP contribution in [0.15, 0.2) is 222 Å². The molecule has 0 saturated carbocycles. The third-order valence-electron chi connectivity index (χ3n) is 14.2. The van der Waals surface area contributed by atoms with Crippen LogP contribution in [0.4, 0.5) is 0 Å². The highest BCUT2D eigenvalue weighted by atomic mass is 16.3. The van der Waals surface area contributed by atoms with Crippen molar-refractivity contribution in [3.63, 3.8) is 0 Å². The summed E-state index contributed by atoms with van der Waals surface area (Å²) in [6.07, 6.45) is 0. The first-order valence-electron chi connectivity index (χ1n) is 23.5. The molecule has 0 aliphatic heterocycles. The van der Waals surface area contributed by atoms with Gasteiger partial charge in [-0.1, -0.05) is 115 Å². The molecule has 0 N–H and O–H groups in total. The monoisotopic (exact) mass is 911 g/mol. The van der Waals surface area contributed by atoms with Crippen LogP contribution in [0.5, 0.6) is 0 Å². The predicted molar refractivity (Wildman–Crippen MR) is 283 cm³/mol. The Morgan fingerprint density at radius 2 is 0.521 bits per heavy atom. The quantitative estimate of drug-likeness (QED) is 0.168. The van der Waals surface area contributed by atoms with Crippen LogP contribution in [0.25, 0.3) is 166 Å². The molecule has 0 amide bonds. The Bertz CT molecular complexity index is 4660. The van der Waals surface area contributed by atoms with Crippen LogP contribution >= 0.6 is 0 Å². The fourth-order valence-electron chi connectivity index (χ4n) is 10.9. The molecule has 0 radical (unpaired) electrons. The Labute approximate surface area is 401 Å².